The van der Waals surface area contributed by atoms with Crippen molar-refractivity contribution in [2.45, 2.75) is 19.6 Å². The molecule has 0 saturated carbocycles. The molecule has 4 nitrogen and oxygen atoms in total. The monoisotopic (exact) mass is 410 g/mol. The van der Waals surface area contributed by atoms with Crippen LogP contribution in [-0.4, -0.2) is 15.6 Å². The van der Waals surface area contributed by atoms with Crippen LogP contribution in [0.4, 0.5) is 0 Å². The molecule has 2 aromatic heterocycles. The van der Waals surface area contributed by atoms with Gasteiger partial charge in [-0.1, -0.05) is 48.0 Å². The molecule has 0 atom stereocenters. The molecular formula is C22H19ClN2O2S. The van der Waals surface area contributed by atoms with E-state index < -0.39 is 5.97 Å². The van der Waals surface area contributed by atoms with Crippen molar-refractivity contribution < 1.29 is 9.90 Å². The molecule has 28 heavy (non-hydrogen) atoms. The Balaban J connectivity index is 1.72. The van der Waals surface area contributed by atoms with Crippen LogP contribution >= 0.6 is 22.9 Å². The maximum Gasteiger partial charge on any atom is 0.352 e. The molecule has 0 aliphatic rings. The number of benzene rings is 2. The largest absolute Gasteiger partial charge is 0.477 e. The third-order valence-corrected chi connectivity index (χ3v) is 5.84. The second kappa shape index (κ2) is 8.19. The van der Waals surface area contributed by atoms with Crippen molar-refractivity contribution in [3.05, 3.63) is 92.8 Å². The van der Waals surface area contributed by atoms with E-state index in [1.165, 1.54) is 4.88 Å². The SMILES string of the molecule is O=C(O)c1c(CNCc2cccs2)c2ccccc2n1Cc1ccc(Cl)cc1. The highest BCUT2D eigenvalue weighted by atomic mass is 35.5. The smallest absolute Gasteiger partial charge is 0.352 e. The van der Waals surface area contributed by atoms with Gasteiger partial charge >= 0.3 is 5.97 Å². The number of carboxylic acid groups (broad SMARTS) is 1. The summed E-state index contributed by atoms with van der Waals surface area (Å²) in [7, 11) is 0. The van der Waals surface area contributed by atoms with Gasteiger partial charge in [0.05, 0.1) is 0 Å². The standard InChI is InChI=1S/C22H19ClN2O2S/c23-16-9-7-15(8-10-16)14-25-20-6-2-1-5-18(20)19(21(25)22(26)27)13-24-12-17-4-3-11-28-17/h1-11,24H,12-14H2,(H,26,27). The van der Waals surface area contributed by atoms with E-state index >= 15 is 0 Å². The number of fused-ring (bicyclic) bond motifs is 1. The Bertz CT molecular complexity index is 1100. The molecule has 0 saturated heterocycles. The van der Waals surface area contributed by atoms with E-state index in [2.05, 4.69) is 11.4 Å². The molecule has 2 N–H and O–H groups in total. The van der Waals surface area contributed by atoms with Gasteiger partial charge in [0, 0.05) is 46.0 Å². The Morgan fingerprint density at radius 3 is 2.54 bits per heavy atom. The zero-order chi connectivity index (χ0) is 19.5. The molecule has 4 rings (SSSR count). The highest BCUT2D eigenvalue weighted by Gasteiger charge is 2.22. The van der Waals surface area contributed by atoms with E-state index in [1.807, 2.05) is 64.5 Å². The molecule has 6 heteroatoms. The number of halogens is 1. The lowest BCUT2D eigenvalue weighted by Gasteiger charge is -2.10. The van der Waals surface area contributed by atoms with Crippen LogP contribution in [0.25, 0.3) is 10.9 Å². The second-order valence-electron chi connectivity index (χ2n) is 6.54. The molecule has 142 valence electrons. The summed E-state index contributed by atoms with van der Waals surface area (Å²) in [5.41, 5.74) is 3.07. The maximum atomic E-state index is 12.2. The number of rotatable bonds is 7. The van der Waals surface area contributed by atoms with Gasteiger partial charge in [0.15, 0.2) is 0 Å². The Morgan fingerprint density at radius 1 is 1.04 bits per heavy atom. The van der Waals surface area contributed by atoms with Gasteiger partial charge in [0.25, 0.3) is 0 Å². The third kappa shape index (κ3) is 3.83. The maximum absolute atomic E-state index is 12.2. The van der Waals surface area contributed by atoms with E-state index in [1.54, 1.807) is 11.3 Å². The molecular weight excluding hydrogens is 392 g/mol. The summed E-state index contributed by atoms with van der Waals surface area (Å²) in [4.78, 5) is 13.4. The number of nitrogens with zero attached hydrogens (tertiary/aromatic N) is 1. The second-order valence-corrected chi connectivity index (χ2v) is 8.01. The summed E-state index contributed by atoms with van der Waals surface area (Å²) in [5.74, 6) is -0.918. The fourth-order valence-electron chi connectivity index (χ4n) is 3.46. The van der Waals surface area contributed by atoms with Crippen LogP contribution in [0.1, 0.15) is 26.5 Å². The molecule has 0 aliphatic heterocycles. The lowest BCUT2D eigenvalue weighted by atomic mass is 10.1. The van der Waals surface area contributed by atoms with E-state index in [0.29, 0.717) is 30.4 Å². The fourth-order valence-corrected chi connectivity index (χ4v) is 4.26. The average molecular weight is 411 g/mol. The van der Waals surface area contributed by atoms with Crippen molar-refractivity contribution in [2.24, 2.45) is 0 Å². The zero-order valence-corrected chi connectivity index (χ0v) is 16.6. The van der Waals surface area contributed by atoms with Gasteiger partial charge in [-0.2, -0.15) is 0 Å². The third-order valence-electron chi connectivity index (χ3n) is 4.71. The van der Waals surface area contributed by atoms with Crippen molar-refractivity contribution in [1.82, 2.24) is 9.88 Å². The Kier molecular flexibility index (Phi) is 5.48. The van der Waals surface area contributed by atoms with Crippen LogP contribution in [0.15, 0.2) is 66.0 Å². The molecule has 0 aliphatic carbocycles. The number of nitrogens with one attached hydrogen (secondary N) is 1. The van der Waals surface area contributed by atoms with E-state index in [4.69, 9.17) is 11.6 Å². The minimum absolute atomic E-state index is 0.329. The molecule has 0 radical (unpaired) electrons. The van der Waals surface area contributed by atoms with Crippen molar-refractivity contribution in [3.63, 3.8) is 0 Å². The van der Waals surface area contributed by atoms with Crippen molar-refractivity contribution in [1.29, 1.82) is 0 Å². The number of hydrogen-bond acceptors (Lipinski definition) is 3. The van der Waals surface area contributed by atoms with Crippen LogP contribution in [0.3, 0.4) is 0 Å². The Labute approximate surface area is 172 Å². The molecule has 0 amide bonds. The highest BCUT2D eigenvalue weighted by molar-refractivity contribution is 7.09. The summed E-state index contributed by atoms with van der Waals surface area (Å²) < 4.78 is 1.88. The predicted molar refractivity (Wildman–Crippen MR) is 114 cm³/mol. The number of hydrogen-bond donors (Lipinski definition) is 2. The molecule has 0 unspecified atom stereocenters. The number of para-hydroxylation sites is 1. The van der Waals surface area contributed by atoms with Gasteiger partial charge < -0.3 is 15.0 Å². The first-order valence-electron chi connectivity index (χ1n) is 8.94. The first-order chi connectivity index (χ1) is 13.6. The van der Waals surface area contributed by atoms with Gasteiger partial charge in [-0.3, -0.25) is 0 Å². The number of aromatic carboxylic acids is 1. The van der Waals surface area contributed by atoms with Crippen LogP contribution in [0, 0.1) is 0 Å². The minimum Gasteiger partial charge on any atom is -0.477 e. The van der Waals surface area contributed by atoms with Crippen LogP contribution in [0.5, 0.6) is 0 Å². The molecule has 0 fully saturated rings. The first-order valence-corrected chi connectivity index (χ1v) is 10.2. The van der Waals surface area contributed by atoms with Crippen LogP contribution < -0.4 is 5.32 Å². The highest BCUT2D eigenvalue weighted by Crippen LogP contribution is 2.28. The van der Waals surface area contributed by atoms with E-state index in [9.17, 15) is 9.90 Å². The number of aromatic nitrogens is 1. The Hall–Kier alpha value is -2.60. The molecule has 0 bridgehead atoms. The van der Waals surface area contributed by atoms with Gasteiger partial charge in [-0.05, 0) is 35.2 Å². The van der Waals surface area contributed by atoms with Crippen molar-refractivity contribution in [3.8, 4) is 0 Å². The van der Waals surface area contributed by atoms with Crippen LogP contribution in [-0.2, 0) is 19.6 Å². The quantitative estimate of drug-likeness (QED) is 0.429. The van der Waals surface area contributed by atoms with Crippen molar-refractivity contribution >= 4 is 39.8 Å². The summed E-state index contributed by atoms with van der Waals surface area (Å²) in [6.07, 6.45) is 0. The normalized spacial score (nSPS) is 11.2. The van der Waals surface area contributed by atoms with Gasteiger partial charge in [-0.25, -0.2) is 4.79 Å². The predicted octanol–water partition coefficient (Wildman–Crippen LogP) is 5.39. The number of carboxylic acids is 1. The van der Waals surface area contributed by atoms with Gasteiger partial charge in [0.2, 0.25) is 0 Å². The van der Waals surface area contributed by atoms with E-state index in [0.717, 1.165) is 22.0 Å². The average Bonchev–Trinajstić information content (AvgIpc) is 3.31. The fraction of sp³-hybridized carbons (Fsp3) is 0.136. The minimum atomic E-state index is -0.918. The first kappa shape index (κ1) is 18.7. The molecule has 2 heterocycles. The number of thiophene rings is 1. The van der Waals surface area contributed by atoms with Gasteiger partial charge in [0.1, 0.15) is 5.69 Å². The van der Waals surface area contributed by atoms with Crippen molar-refractivity contribution in [2.75, 3.05) is 0 Å². The summed E-state index contributed by atoms with van der Waals surface area (Å²) in [6, 6.07) is 19.4. The summed E-state index contributed by atoms with van der Waals surface area (Å²) in [5, 5.41) is 17.0. The Morgan fingerprint density at radius 2 is 1.82 bits per heavy atom. The lowest BCUT2D eigenvalue weighted by Crippen LogP contribution is -2.16. The van der Waals surface area contributed by atoms with E-state index in [-0.39, 0.29) is 0 Å². The molecule has 4 aromatic rings. The number of carbonyl (C=O) groups is 1. The molecule has 0 spiro atoms. The lowest BCUT2D eigenvalue weighted by molar-refractivity contribution is 0.0685. The summed E-state index contributed by atoms with van der Waals surface area (Å²) in [6.45, 7) is 1.69. The molecule has 2 aromatic carbocycles. The van der Waals surface area contributed by atoms with Gasteiger partial charge in [-0.15, -0.1) is 11.3 Å². The van der Waals surface area contributed by atoms with Crippen LogP contribution in [0.2, 0.25) is 5.02 Å². The summed E-state index contributed by atoms with van der Waals surface area (Å²) >= 11 is 7.67. The zero-order valence-electron chi connectivity index (χ0n) is 15.1. The topological polar surface area (TPSA) is 54.3 Å².